The summed E-state index contributed by atoms with van der Waals surface area (Å²) in [7, 11) is 1.72. The van der Waals surface area contributed by atoms with Crippen LogP contribution in [-0.4, -0.2) is 72.0 Å². The molecule has 0 aromatic carbocycles. The summed E-state index contributed by atoms with van der Waals surface area (Å²) in [4.78, 5) is 35.0. The Kier molecular flexibility index (Phi) is 5.51. The highest BCUT2D eigenvalue weighted by Crippen LogP contribution is 2.32. The van der Waals surface area contributed by atoms with Crippen molar-refractivity contribution >= 4 is 28.9 Å². The Hall–Kier alpha value is -2.79. The largest absolute Gasteiger partial charge is 0.481 e. The van der Waals surface area contributed by atoms with Gasteiger partial charge in [-0.3, -0.25) is 9.59 Å². The molecule has 5 N–H and O–H groups in total. The first-order valence-electron chi connectivity index (χ1n) is 8.65. The van der Waals surface area contributed by atoms with Gasteiger partial charge in [-0.05, 0) is 12.8 Å². The van der Waals surface area contributed by atoms with E-state index in [-0.39, 0.29) is 12.8 Å². The Morgan fingerprint density at radius 2 is 1.96 bits per heavy atom. The quantitative estimate of drug-likeness (QED) is 0.436. The van der Waals surface area contributed by atoms with Crippen LogP contribution in [0.15, 0.2) is 12.7 Å². The predicted octanol–water partition coefficient (Wildman–Crippen LogP) is -0.726. The van der Waals surface area contributed by atoms with Crippen molar-refractivity contribution in [3.05, 3.63) is 12.7 Å². The van der Waals surface area contributed by atoms with Crippen LogP contribution in [0.2, 0.25) is 0 Å². The molecular formula is C16H22N6O5. The van der Waals surface area contributed by atoms with Gasteiger partial charge in [0.25, 0.3) is 0 Å². The van der Waals surface area contributed by atoms with Crippen LogP contribution in [0.25, 0.3) is 11.2 Å². The molecule has 27 heavy (non-hydrogen) atoms. The van der Waals surface area contributed by atoms with Gasteiger partial charge in [-0.25, -0.2) is 15.0 Å². The Morgan fingerprint density at radius 3 is 2.67 bits per heavy atom. The minimum atomic E-state index is -1.19. The molecule has 146 valence electrons. The fraction of sp³-hybridized carbons (Fsp3) is 0.562. The normalized spacial score (nSPS) is 25.3. The van der Waals surface area contributed by atoms with Gasteiger partial charge in [-0.15, -0.1) is 0 Å². The summed E-state index contributed by atoms with van der Waals surface area (Å²) in [6.45, 7) is 0. The number of hydrogen-bond acceptors (Lipinski definition) is 8. The summed E-state index contributed by atoms with van der Waals surface area (Å²) in [6.07, 6.45) is 1.05. The highest BCUT2D eigenvalue weighted by atomic mass is 16.4. The number of hydrogen-bond donors (Lipinski definition) is 5. The zero-order valence-corrected chi connectivity index (χ0v) is 14.7. The summed E-state index contributed by atoms with van der Waals surface area (Å²) in [6, 6.07) is -1.10. The first-order valence-corrected chi connectivity index (χ1v) is 8.65. The molecule has 1 amide bonds. The maximum absolute atomic E-state index is 11.8. The standard InChI is InChI=1S/C16H22N6O5/c1-17-15-12-16(19-6-18-15)22(7-20-12)9-3-2-8(13(26)14(9)27)21-10(23)4-5-11(24)25/h6-9,13-14,26-27H,2-5H2,1H3,(H,21,23)(H,24,25)(H,17,18,19)/t8-,9-,13+,14+/m1/s1. The van der Waals surface area contributed by atoms with Gasteiger partial charge >= 0.3 is 5.97 Å². The number of anilines is 1. The minimum absolute atomic E-state index is 0.173. The van der Waals surface area contributed by atoms with Gasteiger partial charge in [0.05, 0.1) is 24.8 Å². The maximum Gasteiger partial charge on any atom is 0.303 e. The molecular weight excluding hydrogens is 356 g/mol. The molecule has 1 saturated carbocycles. The second-order valence-electron chi connectivity index (χ2n) is 6.49. The van der Waals surface area contributed by atoms with Crippen LogP contribution in [-0.2, 0) is 9.59 Å². The van der Waals surface area contributed by atoms with Crippen molar-refractivity contribution in [1.82, 2.24) is 24.8 Å². The number of aliphatic hydroxyl groups is 2. The molecule has 0 radical (unpaired) electrons. The van der Waals surface area contributed by atoms with Crippen molar-refractivity contribution in [1.29, 1.82) is 0 Å². The number of rotatable bonds is 6. The Morgan fingerprint density at radius 1 is 1.19 bits per heavy atom. The van der Waals surface area contributed by atoms with E-state index < -0.39 is 36.2 Å². The third-order valence-corrected chi connectivity index (χ3v) is 4.80. The van der Waals surface area contributed by atoms with Gasteiger partial charge in [-0.2, -0.15) is 0 Å². The van der Waals surface area contributed by atoms with Crippen molar-refractivity contribution < 1.29 is 24.9 Å². The van der Waals surface area contributed by atoms with E-state index in [1.165, 1.54) is 6.33 Å². The van der Waals surface area contributed by atoms with Crippen LogP contribution in [0.3, 0.4) is 0 Å². The van der Waals surface area contributed by atoms with E-state index in [0.29, 0.717) is 29.8 Å². The van der Waals surface area contributed by atoms with Gasteiger partial charge in [0, 0.05) is 13.5 Å². The van der Waals surface area contributed by atoms with Crippen molar-refractivity contribution in [2.45, 2.75) is 50.0 Å². The Labute approximate surface area is 154 Å². The zero-order chi connectivity index (χ0) is 19.6. The summed E-state index contributed by atoms with van der Waals surface area (Å²) >= 11 is 0. The molecule has 1 fully saturated rings. The average Bonchev–Trinajstić information content (AvgIpc) is 3.08. The molecule has 0 aliphatic heterocycles. The molecule has 0 unspecified atom stereocenters. The molecule has 1 aliphatic rings. The summed E-state index contributed by atoms with van der Waals surface area (Å²) in [5.41, 5.74) is 1.10. The van der Waals surface area contributed by atoms with Crippen molar-refractivity contribution in [3.63, 3.8) is 0 Å². The second kappa shape index (κ2) is 7.84. The Bertz CT molecular complexity index is 840. The van der Waals surface area contributed by atoms with Gasteiger partial charge in [0.2, 0.25) is 5.91 Å². The van der Waals surface area contributed by atoms with Crippen LogP contribution in [0.4, 0.5) is 5.82 Å². The number of carboxylic acids is 1. The van der Waals surface area contributed by atoms with E-state index in [1.54, 1.807) is 17.9 Å². The summed E-state index contributed by atoms with van der Waals surface area (Å²) in [5, 5.41) is 35.2. The van der Waals surface area contributed by atoms with E-state index in [4.69, 9.17) is 5.11 Å². The first-order chi connectivity index (χ1) is 12.9. The summed E-state index contributed by atoms with van der Waals surface area (Å²) in [5.74, 6) is -0.968. The van der Waals surface area contributed by atoms with Gasteiger partial charge < -0.3 is 30.5 Å². The lowest BCUT2D eigenvalue weighted by molar-refractivity contribution is -0.139. The van der Waals surface area contributed by atoms with Crippen molar-refractivity contribution in [2.75, 3.05) is 12.4 Å². The predicted molar refractivity (Wildman–Crippen MR) is 94.0 cm³/mol. The third kappa shape index (κ3) is 3.83. The molecule has 0 saturated heterocycles. The molecule has 2 heterocycles. The van der Waals surface area contributed by atoms with Crippen molar-refractivity contribution in [2.24, 2.45) is 0 Å². The number of nitrogens with one attached hydrogen (secondary N) is 2. The fourth-order valence-electron chi connectivity index (χ4n) is 3.40. The number of amides is 1. The molecule has 2 aromatic rings. The number of nitrogens with zero attached hydrogens (tertiary/aromatic N) is 4. The molecule has 11 heteroatoms. The maximum atomic E-state index is 11.8. The topological polar surface area (TPSA) is 162 Å². The van der Waals surface area contributed by atoms with E-state index in [1.807, 2.05) is 0 Å². The molecule has 4 atom stereocenters. The van der Waals surface area contributed by atoms with E-state index in [0.717, 1.165) is 0 Å². The van der Waals surface area contributed by atoms with Crippen LogP contribution in [0.1, 0.15) is 31.7 Å². The number of carboxylic acid groups (broad SMARTS) is 1. The molecule has 2 aromatic heterocycles. The second-order valence-corrected chi connectivity index (χ2v) is 6.49. The number of fused-ring (bicyclic) bond motifs is 1. The average molecular weight is 378 g/mol. The van der Waals surface area contributed by atoms with Crippen LogP contribution < -0.4 is 10.6 Å². The first kappa shape index (κ1) is 19.0. The molecule has 0 spiro atoms. The van der Waals surface area contributed by atoms with Crippen LogP contribution >= 0.6 is 0 Å². The fourth-order valence-corrected chi connectivity index (χ4v) is 3.40. The lowest BCUT2D eigenvalue weighted by atomic mass is 9.85. The Balaban J connectivity index is 1.72. The number of aliphatic hydroxyl groups excluding tert-OH is 2. The molecule has 1 aliphatic carbocycles. The van der Waals surface area contributed by atoms with E-state index >= 15 is 0 Å². The number of aliphatic carboxylic acids is 1. The molecule has 11 nitrogen and oxygen atoms in total. The zero-order valence-electron chi connectivity index (χ0n) is 14.7. The van der Waals surface area contributed by atoms with E-state index in [9.17, 15) is 19.8 Å². The number of imidazole rings is 1. The van der Waals surface area contributed by atoms with E-state index in [2.05, 4.69) is 25.6 Å². The summed E-state index contributed by atoms with van der Waals surface area (Å²) < 4.78 is 1.70. The number of carbonyl (C=O) groups is 2. The lowest BCUT2D eigenvalue weighted by Gasteiger charge is -2.38. The highest BCUT2D eigenvalue weighted by Gasteiger charge is 2.39. The van der Waals surface area contributed by atoms with Gasteiger partial charge in [-0.1, -0.05) is 0 Å². The van der Waals surface area contributed by atoms with Crippen LogP contribution in [0, 0.1) is 0 Å². The monoisotopic (exact) mass is 378 g/mol. The SMILES string of the molecule is CNc1ncnc2c1ncn2[C@@H]1CC[C@@H](NC(=O)CCC(=O)O)[C@H](O)[C@H]1O. The molecule has 3 rings (SSSR count). The lowest BCUT2D eigenvalue weighted by Crippen LogP contribution is -2.54. The van der Waals surface area contributed by atoms with Gasteiger partial charge in [0.15, 0.2) is 11.5 Å². The highest BCUT2D eigenvalue weighted by molar-refractivity contribution is 5.82. The van der Waals surface area contributed by atoms with Crippen LogP contribution in [0.5, 0.6) is 0 Å². The third-order valence-electron chi connectivity index (χ3n) is 4.80. The smallest absolute Gasteiger partial charge is 0.303 e. The minimum Gasteiger partial charge on any atom is -0.481 e. The number of carbonyl (C=O) groups excluding carboxylic acids is 1. The molecule has 0 bridgehead atoms. The van der Waals surface area contributed by atoms with Gasteiger partial charge in [0.1, 0.15) is 24.1 Å². The number of aromatic nitrogens is 4. The van der Waals surface area contributed by atoms with Crippen molar-refractivity contribution in [3.8, 4) is 0 Å².